The Morgan fingerprint density at radius 1 is 1.19 bits per heavy atom. The van der Waals surface area contributed by atoms with Crippen LogP contribution in [0, 0.1) is 5.82 Å². The Kier molecular flexibility index (Phi) is 4.77. The number of H-pyrrole nitrogens is 1. The van der Waals surface area contributed by atoms with Gasteiger partial charge in [0.2, 0.25) is 0 Å². The van der Waals surface area contributed by atoms with Gasteiger partial charge in [-0.3, -0.25) is 14.7 Å². The number of aromatic amines is 1. The number of methoxy groups -OCH3 is 2. The number of ether oxygens (including phenoxy) is 2. The fourth-order valence-electron chi connectivity index (χ4n) is 4.34. The largest absolute Gasteiger partial charge is 0.494 e. The van der Waals surface area contributed by atoms with Gasteiger partial charge in [0.15, 0.2) is 17.3 Å². The van der Waals surface area contributed by atoms with E-state index in [2.05, 4.69) is 4.98 Å². The molecule has 1 aliphatic heterocycles. The SMILES string of the molecule is COC(=O)N1CC(=O)c2c(nc(Cc3ccc(OC)c(F)c3)c3[nH]c4ccccc4c23)C1. The predicted octanol–water partition coefficient (Wildman–Crippen LogP) is 4.22. The number of ketones is 1. The van der Waals surface area contributed by atoms with Crippen LogP contribution < -0.4 is 4.74 Å². The number of pyridine rings is 1. The molecule has 162 valence electrons. The molecule has 2 aromatic carbocycles. The predicted molar refractivity (Wildman–Crippen MR) is 117 cm³/mol. The Morgan fingerprint density at radius 3 is 2.75 bits per heavy atom. The zero-order valence-electron chi connectivity index (χ0n) is 17.6. The van der Waals surface area contributed by atoms with E-state index in [0.717, 1.165) is 21.8 Å². The average molecular weight is 433 g/mol. The van der Waals surface area contributed by atoms with Crippen molar-refractivity contribution in [3.8, 4) is 5.75 Å². The minimum Gasteiger partial charge on any atom is -0.494 e. The number of carbonyl (C=O) groups is 2. The molecular formula is C24H20FN3O4. The topological polar surface area (TPSA) is 84.5 Å². The van der Waals surface area contributed by atoms with E-state index in [0.29, 0.717) is 28.9 Å². The second-order valence-electron chi connectivity index (χ2n) is 7.70. The van der Waals surface area contributed by atoms with Crippen molar-refractivity contribution < 1.29 is 23.5 Å². The van der Waals surface area contributed by atoms with Crippen molar-refractivity contribution in [3.05, 3.63) is 70.8 Å². The number of nitrogens with zero attached hydrogens (tertiary/aromatic N) is 2. The summed E-state index contributed by atoms with van der Waals surface area (Å²) in [7, 11) is 2.70. The normalized spacial score (nSPS) is 13.5. The number of hydrogen-bond acceptors (Lipinski definition) is 5. The van der Waals surface area contributed by atoms with E-state index in [9.17, 15) is 14.0 Å². The highest BCUT2D eigenvalue weighted by molar-refractivity contribution is 6.20. The van der Waals surface area contributed by atoms with Crippen LogP contribution in [-0.2, 0) is 17.7 Å². The van der Waals surface area contributed by atoms with Crippen molar-refractivity contribution in [3.63, 3.8) is 0 Å². The molecule has 1 N–H and O–H groups in total. The van der Waals surface area contributed by atoms with Crippen molar-refractivity contribution in [2.24, 2.45) is 0 Å². The molecule has 0 saturated heterocycles. The molecule has 7 nitrogen and oxygen atoms in total. The summed E-state index contributed by atoms with van der Waals surface area (Å²) in [6.45, 7) is 0.0894. The fourth-order valence-corrected chi connectivity index (χ4v) is 4.34. The summed E-state index contributed by atoms with van der Waals surface area (Å²) < 4.78 is 24.1. The highest BCUT2D eigenvalue weighted by Gasteiger charge is 2.32. The van der Waals surface area contributed by atoms with Gasteiger partial charge in [0, 0.05) is 22.7 Å². The van der Waals surface area contributed by atoms with Crippen LogP contribution in [0.1, 0.15) is 27.3 Å². The Morgan fingerprint density at radius 2 is 2.00 bits per heavy atom. The molecule has 0 fully saturated rings. The first-order valence-electron chi connectivity index (χ1n) is 10.1. The average Bonchev–Trinajstić information content (AvgIpc) is 3.18. The summed E-state index contributed by atoms with van der Waals surface area (Å²) in [6.07, 6.45) is -0.243. The summed E-state index contributed by atoms with van der Waals surface area (Å²) in [5.41, 5.74) is 4.01. The lowest BCUT2D eigenvalue weighted by Crippen LogP contribution is -2.40. The lowest BCUT2D eigenvalue weighted by atomic mass is 9.95. The van der Waals surface area contributed by atoms with E-state index in [4.69, 9.17) is 14.5 Å². The number of halogens is 1. The van der Waals surface area contributed by atoms with E-state index in [1.807, 2.05) is 24.3 Å². The molecule has 0 saturated carbocycles. The molecule has 0 aliphatic carbocycles. The molecule has 2 aromatic heterocycles. The lowest BCUT2D eigenvalue weighted by molar-refractivity contribution is 0.0839. The van der Waals surface area contributed by atoms with Gasteiger partial charge in [0.1, 0.15) is 0 Å². The molecule has 0 unspecified atom stereocenters. The highest BCUT2D eigenvalue weighted by atomic mass is 19.1. The second kappa shape index (κ2) is 7.64. The number of para-hydroxylation sites is 1. The Bertz CT molecular complexity index is 1400. The summed E-state index contributed by atoms with van der Waals surface area (Å²) >= 11 is 0. The maximum Gasteiger partial charge on any atom is 0.410 e. The molecule has 4 aromatic rings. The third kappa shape index (κ3) is 3.15. The molecular weight excluding hydrogens is 413 g/mol. The molecule has 1 amide bonds. The van der Waals surface area contributed by atoms with Gasteiger partial charge < -0.3 is 14.5 Å². The Balaban J connectivity index is 1.71. The monoisotopic (exact) mass is 433 g/mol. The first-order chi connectivity index (χ1) is 15.5. The van der Waals surface area contributed by atoms with E-state index >= 15 is 0 Å². The van der Waals surface area contributed by atoms with Crippen LogP contribution in [0.2, 0.25) is 0 Å². The summed E-state index contributed by atoms with van der Waals surface area (Å²) in [5.74, 6) is -0.480. The van der Waals surface area contributed by atoms with Crippen LogP contribution >= 0.6 is 0 Å². The number of fused-ring (bicyclic) bond motifs is 5. The Hall–Kier alpha value is -3.94. The van der Waals surface area contributed by atoms with Gasteiger partial charge in [-0.05, 0) is 23.8 Å². The van der Waals surface area contributed by atoms with E-state index in [1.165, 1.54) is 25.2 Å². The van der Waals surface area contributed by atoms with E-state index in [-0.39, 0.29) is 24.6 Å². The molecule has 32 heavy (non-hydrogen) atoms. The number of Topliss-reactive ketones (excluding diaryl/α,β-unsaturated/α-hetero) is 1. The summed E-state index contributed by atoms with van der Waals surface area (Å²) in [4.78, 5) is 34.7. The Labute approximate surface area is 182 Å². The maximum atomic E-state index is 14.3. The zero-order valence-corrected chi connectivity index (χ0v) is 17.6. The van der Waals surface area contributed by atoms with Crippen LogP contribution in [0.3, 0.4) is 0 Å². The van der Waals surface area contributed by atoms with Gasteiger partial charge in [-0.2, -0.15) is 0 Å². The van der Waals surface area contributed by atoms with Crippen LogP contribution in [-0.4, -0.2) is 47.5 Å². The summed E-state index contributed by atoms with van der Waals surface area (Å²) in [6, 6.07) is 12.5. The van der Waals surface area contributed by atoms with E-state index < -0.39 is 11.9 Å². The van der Waals surface area contributed by atoms with E-state index in [1.54, 1.807) is 12.1 Å². The van der Waals surface area contributed by atoms with Crippen LogP contribution in [0.25, 0.3) is 21.8 Å². The van der Waals surface area contributed by atoms with Crippen LogP contribution in [0.5, 0.6) is 5.75 Å². The minimum atomic E-state index is -0.580. The first kappa shape index (κ1) is 20.0. The maximum absolute atomic E-state index is 14.3. The van der Waals surface area contributed by atoms with Crippen molar-refractivity contribution in [2.75, 3.05) is 20.8 Å². The van der Waals surface area contributed by atoms with Crippen molar-refractivity contribution in [1.82, 2.24) is 14.9 Å². The van der Waals surface area contributed by atoms with Gasteiger partial charge in [-0.15, -0.1) is 0 Å². The molecule has 0 radical (unpaired) electrons. The number of amides is 1. The number of hydrogen-bond donors (Lipinski definition) is 1. The number of nitrogens with one attached hydrogen (secondary N) is 1. The van der Waals surface area contributed by atoms with Crippen molar-refractivity contribution in [1.29, 1.82) is 0 Å². The molecule has 0 spiro atoms. The molecule has 3 heterocycles. The zero-order chi connectivity index (χ0) is 22.4. The van der Waals surface area contributed by atoms with Gasteiger partial charge in [0.05, 0.1) is 49.8 Å². The van der Waals surface area contributed by atoms with Gasteiger partial charge in [-0.25, -0.2) is 9.18 Å². The van der Waals surface area contributed by atoms with Gasteiger partial charge in [0.25, 0.3) is 0 Å². The minimum absolute atomic E-state index is 0.0704. The number of aromatic nitrogens is 2. The molecule has 1 aliphatic rings. The fraction of sp³-hybridized carbons (Fsp3) is 0.208. The molecule has 8 heteroatoms. The van der Waals surface area contributed by atoms with Gasteiger partial charge in [-0.1, -0.05) is 24.3 Å². The van der Waals surface area contributed by atoms with Crippen molar-refractivity contribution >= 4 is 33.7 Å². The number of benzene rings is 2. The third-order valence-corrected chi connectivity index (χ3v) is 5.78. The lowest BCUT2D eigenvalue weighted by Gasteiger charge is -2.27. The second-order valence-corrected chi connectivity index (χ2v) is 7.70. The smallest absolute Gasteiger partial charge is 0.410 e. The number of rotatable bonds is 3. The molecule has 0 atom stereocenters. The molecule has 0 bridgehead atoms. The molecule has 5 rings (SSSR count). The first-order valence-corrected chi connectivity index (χ1v) is 10.1. The van der Waals surface area contributed by atoms with Crippen LogP contribution in [0.15, 0.2) is 42.5 Å². The quantitative estimate of drug-likeness (QED) is 0.523. The number of carbonyl (C=O) groups excluding carboxylic acids is 2. The van der Waals surface area contributed by atoms with Crippen molar-refractivity contribution in [2.45, 2.75) is 13.0 Å². The third-order valence-electron chi connectivity index (χ3n) is 5.78. The highest BCUT2D eigenvalue weighted by Crippen LogP contribution is 2.35. The van der Waals surface area contributed by atoms with Gasteiger partial charge >= 0.3 is 6.09 Å². The standard InChI is InChI=1S/C24H20FN3O4/c1-31-20-8-7-13(9-15(20)25)10-17-23-21(14-5-3-4-6-16(14)27-23)22-18(26-17)11-28(12-19(22)29)24(30)32-2/h3-9,27H,10-12H2,1-2H3. The van der Waals surface area contributed by atoms with Crippen LogP contribution in [0.4, 0.5) is 9.18 Å². The summed E-state index contributed by atoms with van der Waals surface area (Å²) in [5, 5.41) is 1.69.